The van der Waals surface area contributed by atoms with Crippen LogP contribution < -0.4 is 10.0 Å². The molecule has 1 aliphatic heterocycles. The maximum absolute atomic E-state index is 12.9. The monoisotopic (exact) mass is 423 g/mol. The minimum atomic E-state index is -3.79. The summed E-state index contributed by atoms with van der Waals surface area (Å²) in [6, 6.07) is 6.00. The fraction of sp³-hybridized carbons (Fsp3) is 0.368. The molecule has 2 amide bonds. The molecule has 1 fully saturated rings. The van der Waals surface area contributed by atoms with E-state index in [1.54, 1.807) is 11.0 Å². The van der Waals surface area contributed by atoms with Crippen LogP contribution in [0.2, 0.25) is 0 Å². The van der Waals surface area contributed by atoms with Gasteiger partial charge in [-0.2, -0.15) is 0 Å². The number of nitrogens with zero attached hydrogens (tertiary/aromatic N) is 1. The van der Waals surface area contributed by atoms with E-state index in [0.717, 1.165) is 24.3 Å². The van der Waals surface area contributed by atoms with Gasteiger partial charge in [0, 0.05) is 32.1 Å². The first kappa shape index (κ1) is 21.0. The number of halogens is 1. The van der Waals surface area contributed by atoms with Crippen molar-refractivity contribution >= 4 is 21.8 Å². The zero-order chi connectivity index (χ0) is 20.9. The van der Waals surface area contributed by atoms with Gasteiger partial charge in [0.2, 0.25) is 15.9 Å². The summed E-state index contributed by atoms with van der Waals surface area (Å²) in [7, 11) is -3.79. The second-order valence-electron chi connectivity index (χ2n) is 6.75. The number of amides is 2. The van der Waals surface area contributed by atoms with E-state index in [2.05, 4.69) is 10.0 Å². The second-order valence-corrected chi connectivity index (χ2v) is 8.51. The number of carbonyl (C=O) groups excluding carboxylic acids is 2. The van der Waals surface area contributed by atoms with Crippen molar-refractivity contribution in [1.82, 2.24) is 14.9 Å². The zero-order valence-corrected chi connectivity index (χ0v) is 16.5. The molecule has 1 aromatic heterocycles. The van der Waals surface area contributed by atoms with Gasteiger partial charge in [-0.3, -0.25) is 9.59 Å². The van der Waals surface area contributed by atoms with E-state index in [-0.39, 0.29) is 35.7 Å². The highest BCUT2D eigenvalue weighted by molar-refractivity contribution is 7.89. The van der Waals surface area contributed by atoms with Gasteiger partial charge >= 0.3 is 0 Å². The lowest BCUT2D eigenvalue weighted by atomic mass is 10.0. The molecule has 1 saturated heterocycles. The number of piperidine rings is 1. The Morgan fingerprint density at radius 2 is 1.83 bits per heavy atom. The molecule has 10 heteroatoms. The summed E-state index contributed by atoms with van der Waals surface area (Å²) in [6.45, 7) is 0.974. The molecule has 8 nitrogen and oxygen atoms in total. The van der Waals surface area contributed by atoms with Crippen molar-refractivity contribution in [3.05, 3.63) is 54.2 Å². The molecular weight excluding hydrogens is 401 g/mol. The van der Waals surface area contributed by atoms with Crippen LogP contribution in [0.5, 0.6) is 0 Å². The first-order valence-corrected chi connectivity index (χ1v) is 10.7. The molecule has 1 aliphatic rings. The first-order chi connectivity index (χ1) is 13.8. The molecule has 29 heavy (non-hydrogen) atoms. The third-order valence-corrected chi connectivity index (χ3v) is 6.16. The average molecular weight is 423 g/mol. The smallest absolute Gasteiger partial charge is 0.257 e. The third-order valence-electron chi connectivity index (χ3n) is 4.68. The Labute approximate surface area is 168 Å². The van der Waals surface area contributed by atoms with Crippen molar-refractivity contribution in [3.8, 4) is 0 Å². The van der Waals surface area contributed by atoms with Gasteiger partial charge in [0.1, 0.15) is 12.1 Å². The van der Waals surface area contributed by atoms with E-state index in [9.17, 15) is 22.4 Å². The topological polar surface area (TPSA) is 109 Å². The minimum absolute atomic E-state index is 0.0193. The lowest BCUT2D eigenvalue weighted by Crippen LogP contribution is -2.46. The maximum Gasteiger partial charge on any atom is 0.257 e. The molecule has 156 valence electrons. The van der Waals surface area contributed by atoms with E-state index in [1.165, 1.54) is 12.5 Å². The minimum Gasteiger partial charge on any atom is -0.472 e. The zero-order valence-electron chi connectivity index (χ0n) is 15.6. The van der Waals surface area contributed by atoms with E-state index >= 15 is 0 Å². The highest BCUT2D eigenvalue weighted by Gasteiger charge is 2.25. The van der Waals surface area contributed by atoms with Crippen LogP contribution in [0.4, 0.5) is 4.39 Å². The van der Waals surface area contributed by atoms with Gasteiger partial charge in [0.05, 0.1) is 16.7 Å². The van der Waals surface area contributed by atoms with Gasteiger partial charge in [-0.1, -0.05) is 0 Å². The van der Waals surface area contributed by atoms with Crippen molar-refractivity contribution in [3.63, 3.8) is 0 Å². The summed E-state index contributed by atoms with van der Waals surface area (Å²) in [5, 5.41) is 2.87. The van der Waals surface area contributed by atoms with Crippen LogP contribution in [-0.2, 0) is 14.8 Å². The van der Waals surface area contributed by atoms with Gasteiger partial charge in [0.15, 0.2) is 0 Å². The van der Waals surface area contributed by atoms with Crippen LogP contribution in [0.3, 0.4) is 0 Å². The molecule has 0 atom stereocenters. The summed E-state index contributed by atoms with van der Waals surface area (Å²) >= 11 is 0. The molecule has 2 aromatic rings. The molecular formula is C19H22FN3O5S. The highest BCUT2D eigenvalue weighted by atomic mass is 32.2. The number of rotatable bonds is 7. The van der Waals surface area contributed by atoms with Crippen LogP contribution in [0.15, 0.2) is 52.2 Å². The Kier molecular flexibility index (Phi) is 6.65. The molecule has 1 aromatic carbocycles. The Morgan fingerprint density at radius 1 is 1.14 bits per heavy atom. The first-order valence-electron chi connectivity index (χ1n) is 9.21. The SMILES string of the molecule is O=C(CCNS(=O)(=O)c1ccc(F)cc1)NC1CCN(C(=O)c2ccoc2)CC1. The van der Waals surface area contributed by atoms with Gasteiger partial charge < -0.3 is 14.6 Å². The fourth-order valence-corrected chi connectivity index (χ4v) is 4.12. The van der Waals surface area contributed by atoms with Crippen LogP contribution in [0.1, 0.15) is 29.6 Å². The number of sulfonamides is 1. The van der Waals surface area contributed by atoms with Crippen LogP contribution >= 0.6 is 0 Å². The molecule has 0 saturated carbocycles. The molecule has 0 radical (unpaired) electrons. The Bertz CT molecular complexity index is 937. The summed E-state index contributed by atoms with van der Waals surface area (Å²) in [5.74, 6) is -0.897. The van der Waals surface area contributed by atoms with E-state index in [4.69, 9.17) is 4.42 Å². The number of hydrogen-bond acceptors (Lipinski definition) is 5. The van der Waals surface area contributed by atoms with Gasteiger partial charge in [0.25, 0.3) is 5.91 Å². The predicted molar refractivity (Wildman–Crippen MR) is 102 cm³/mol. The van der Waals surface area contributed by atoms with Gasteiger partial charge in [-0.25, -0.2) is 17.5 Å². The Hall–Kier alpha value is -2.72. The molecule has 0 bridgehead atoms. The summed E-state index contributed by atoms with van der Waals surface area (Å²) in [4.78, 5) is 26.0. The van der Waals surface area contributed by atoms with Gasteiger partial charge in [-0.15, -0.1) is 0 Å². The van der Waals surface area contributed by atoms with Crippen molar-refractivity contribution in [2.24, 2.45) is 0 Å². The number of carbonyl (C=O) groups is 2. The van der Waals surface area contributed by atoms with Crippen molar-refractivity contribution in [1.29, 1.82) is 0 Å². The average Bonchev–Trinajstić information content (AvgIpc) is 3.23. The molecule has 3 rings (SSSR count). The highest BCUT2D eigenvalue weighted by Crippen LogP contribution is 2.14. The quantitative estimate of drug-likeness (QED) is 0.702. The second kappa shape index (κ2) is 9.19. The molecule has 2 N–H and O–H groups in total. The normalized spacial score (nSPS) is 15.3. The van der Waals surface area contributed by atoms with Crippen LogP contribution in [0, 0.1) is 5.82 Å². The number of furan rings is 1. The van der Waals surface area contributed by atoms with E-state index in [1.807, 2.05) is 0 Å². The number of benzene rings is 1. The number of nitrogens with one attached hydrogen (secondary N) is 2. The largest absolute Gasteiger partial charge is 0.472 e. The van der Waals surface area contributed by atoms with E-state index in [0.29, 0.717) is 31.5 Å². The summed E-state index contributed by atoms with van der Waals surface area (Å²) < 4.78 is 44.4. The summed E-state index contributed by atoms with van der Waals surface area (Å²) in [5.41, 5.74) is 0.501. The Morgan fingerprint density at radius 3 is 2.45 bits per heavy atom. The van der Waals surface area contributed by atoms with Crippen molar-refractivity contribution in [2.75, 3.05) is 19.6 Å². The van der Waals surface area contributed by atoms with Crippen molar-refractivity contribution in [2.45, 2.75) is 30.2 Å². The number of likely N-dealkylation sites (tertiary alicyclic amines) is 1. The van der Waals surface area contributed by atoms with Crippen molar-refractivity contribution < 1.29 is 26.8 Å². The third kappa shape index (κ3) is 5.64. The lowest BCUT2D eigenvalue weighted by molar-refractivity contribution is -0.121. The van der Waals surface area contributed by atoms with Crippen LogP contribution in [0.25, 0.3) is 0 Å². The fourth-order valence-electron chi connectivity index (χ4n) is 3.09. The molecule has 2 heterocycles. The molecule has 0 spiro atoms. The molecule has 0 unspecified atom stereocenters. The lowest BCUT2D eigenvalue weighted by Gasteiger charge is -2.32. The maximum atomic E-state index is 12.9. The van der Waals surface area contributed by atoms with E-state index < -0.39 is 15.8 Å². The number of hydrogen-bond donors (Lipinski definition) is 2. The standard InChI is InChI=1S/C19H22FN3O5S/c20-15-1-3-17(4-2-15)29(26,27)21-9-5-18(24)22-16-6-10-23(11-7-16)19(25)14-8-12-28-13-14/h1-4,8,12-13,16,21H,5-7,9-11H2,(H,22,24). The summed E-state index contributed by atoms with van der Waals surface area (Å²) in [6.07, 6.45) is 4.08. The van der Waals surface area contributed by atoms with Gasteiger partial charge in [-0.05, 0) is 43.2 Å². The predicted octanol–water partition coefficient (Wildman–Crippen LogP) is 1.51. The van der Waals surface area contributed by atoms with Crippen LogP contribution in [-0.4, -0.2) is 50.8 Å². The molecule has 0 aliphatic carbocycles. The Balaban J connectivity index is 1.39.